The molecule has 3 aromatic rings. The van der Waals surface area contributed by atoms with Gasteiger partial charge in [0, 0.05) is 17.5 Å². The van der Waals surface area contributed by atoms with Crippen molar-refractivity contribution in [3.8, 4) is 5.69 Å². The second-order valence-electron chi connectivity index (χ2n) is 5.98. The van der Waals surface area contributed by atoms with Crippen LogP contribution in [-0.2, 0) is 0 Å². The second kappa shape index (κ2) is 5.70. The molecule has 0 atom stereocenters. The van der Waals surface area contributed by atoms with Crippen molar-refractivity contribution < 1.29 is 4.79 Å². The minimum Gasteiger partial charge on any atom is -0.324 e. The van der Waals surface area contributed by atoms with Crippen molar-refractivity contribution in [3.63, 3.8) is 0 Å². The van der Waals surface area contributed by atoms with Gasteiger partial charge in [0.25, 0.3) is 5.91 Å². The molecule has 1 saturated carbocycles. The van der Waals surface area contributed by atoms with Crippen LogP contribution in [0.3, 0.4) is 0 Å². The Morgan fingerprint density at radius 2 is 2.08 bits per heavy atom. The summed E-state index contributed by atoms with van der Waals surface area (Å²) in [5.41, 5.74) is 14.2. The summed E-state index contributed by atoms with van der Waals surface area (Å²) in [6, 6.07) is 9.79. The normalized spacial score (nSPS) is 14.3. The third kappa shape index (κ3) is 2.53. The fourth-order valence-electron chi connectivity index (χ4n) is 2.98. The van der Waals surface area contributed by atoms with Gasteiger partial charge in [-0.3, -0.25) is 21.2 Å². The molecule has 7 heteroatoms. The van der Waals surface area contributed by atoms with Crippen LogP contribution >= 0.6 is 0 Å². The number of benzene rings is 1. The minimum atomic E-state index is -0.894. The molecule has 0 spiro atoms. The maximum absolute atomic E-state index is 12.4. The Kier molecular flexibility index (Phi) is 3.51. The van der Waals surface area contributed by atoms with Gasteiger partial charge in [-0.1, -0.05) is 6.07 Å². The van der Waals surface area contributed by atoms with Gasteiger partial charge in [0.2, 0.25) is 0 Å². The van der Waals surface area contributed by atoms with Crippen molar-refractivity contribution >= 4 is 16.8 Å². The van der Waals surface area contributed by atoms with Crippen LogP contribution in [0.4, 0.5) is 0 Å². The Hall–Kier alpha value is -2.77. The number of carbonyl (C=O) groups is 1. The molecule has 1 aliphatic carbocycles. The Morgan fingerprint density at radius 3 is 2.83 bits per heavy atom. The molecule has 1 aromatic carbocycles. The molecule has 7 nitrogen and oxygen atoms in total. The quantitative estimate of drug-likeness (QED) is 0.625. The molecule has 4 rings (SSSR count). The highest BCUT2D eigenvalue weighted by Crippen LogP contribution is 2.43. The van der Waals surface area contributed by atoms with Crippen LogP contribution in [0.15, 0.2) is 42.7 Å². The number of aromatic nitrogens is 3. The van der Waals surface area contributed by atoms with E-state index in [-0.39, 0.29) is 5.91 Å². The lowest BCUT2D eigenvalue weighted by atomic mass is 10.1. The summed E-state index contributed by atoms with van der Waals surface area (Å²) in [7, 11) is 0. The first kappa shape index (κ1) is 14.8. The molecule has 5 N–H and O–H groups in total. The molecule has 0 bridgehead atoms. The van der Waals surface area contributed by atoms with E-state index in [0.29, 0.717) is 11.5 Å². The summed E-state index contributed by atoms with van der Waals surface area (Å²) >= 11 is 0. The number of amides is 1. The number of fused-ring (bicyclic) bond motifs is 1. The van der Waals surface area contributed by atoms with Gasteiger partial charge >= 0.3 is 0 Å². The highest BCUT2D eigenvalue weighted by Gasteiger charge is 2.33. The van der Waals surface area contributed by atoms with Crippen LogP contribution in [-0.4, -0.2) is 27.0 Å². The molecule has 0 aliphatic heterocycles. The Morgan fingerprint density at radius 1 is 1.25 bits per heavy atom. The fraction of sp³-hybridized carbons (Fsp3) is 0.235. The van der Waals surface area contributed by atoms with Crippen molar-refractivity contribution in [3.05, 3.63) is 54.0 Å². The van der Waals surface area contributed by atoms with Gasteiger partial charge in [-0.05, 0) is 37.1 Å². The van der Waals surface area contributed by atoms with E-state index in [1.54, 1.807) is 12.4 Å². The van der Waals surface area contributed by atoms with Crippen LogP contribution in [0.2, 0.25) is 0 Å². The summed E-state index contributed by atoms with van der Waals surface area (Å²) in [5.74, 6) is 0.0330. The maximum atomic E-state index is 12.4. The number of pyridine rings is 1. The average Bonchev–Trinajstić information content (AvgIpc) is 3.32. The number of hydrogen-bond donors (Lipinski definition) is 3. The van der Waals surface area contributed by atoms with E-state index in [9.17, 15) is 4.79 Å². The lowest BCUT2D eigenvalue weighted by Crippen LogP contribution is -2.48. The smallest absolute Gasteiger partial charge is 0.257 e. The molecular formula is C17H18N6O. The number of nitrogens with zero attached hydrogens (tertiary/aromatic N) is 3. The van der Waals surface area contributed by atoms with E-state index in [1.165, 1.54) is 0 Å². The zero-order valence-electron chi connectivity index (χ0n) is 13.0. The second-order valence-corrected chi connectivity index (χ2v) is 5.98. The fourth-order valence-corrected chi connectivity index (χ4v) is 2.98. The topological polar surface area (TPSA) is 112 Å². The largest absolute Gasteiger partial charge is 0.324 e. The molecule has 0 unspecified atom stereocenters. The molecule has 1 amide bonds. The number of hydrogen-bond acceptors (Lipinski definition) is 5. The highest BCUT2D eigenvalue weighted by atomic mass is 16.2. The molecule has 2 heterocycles. The van der Waals surface area contributed by atoms with Crippen molar-refractivity contribution in [1.82, 2.24) is 20.1 Å². The van der Waals surface area contributed by atoms with E-state index in [1.807, 2.05) is 35.0 Å². The van der Waals surface area contributed by atoms with Gasteiger partial charge in [0.1, 0.15) is 6.29 Å². The van der Waals surface area contributed by atoms with Crippen molar-refractivity contribution in [1.29, 1.82) is 0 Å². The number of rotatable bonds is 4. The summed E-state index contributed by atoms with van der Waals surface area (Å²) in [5, 5.41) is 8.00. The predicted octanol–water partition coefficient (Wildman–Crippen LogP) is 1.23. The molecule has 24 heavy (non-hydrogen) atoms. The van der Waals surface area contributed by atoms with E-state index < -0.39 is 6.29 Å². The predicted molar refractivity (Wildman–Crippen MR) is 90.5 cm³/mol. The van der Waals surface area contributed by atoms with Gasteiger partial charge in [-0.25, -0.2) is 4.68 Å². The molecule has 2 aromatic heterocycles. The van der Waals surface area contributed by atoms with E-state index in [2.05, 4.69) is 15.4 Å². The van der Waals surface area contributed by atoms with Crippen LogP contribution in [0.25, 0.3) is 16.6 Å². The molecule has 0 saturated heterocycles. The first-order valence-electron chi connectivity index (χ1n) is 7.89. The van der Waals surface area contributed by atoms with Gasteiger partial charge in [0.15, 0.2) is 0 Å². The molecule has 1 aliphatic rings. The van der Waals surface area contributed by atoms with Crippen LogP contribution in [0, 0.1) is 0 Å². The molecule has 122 valence electrons. The third-order valence-electron chi connectivity index (χ3n) is 4.16. The Labute approximate surface area is 138 Å². The standard InChI is InChI=1S/C17H18N6O/c18-17(19)22-16(24)12-9-21-23(15(12)10-6-7-10)14-5-1-4-13-11(14)3-2-8-20-13/h1-5,8-10,17H,6-7,18-19H2,(H,22,24). The Balaban J connectivity index is 1.86. The summed E-state index contributed by atoms with van der Waals surface area (Å²) < 4.78 is 1.85. The number of nitrogens with one attached hydrogen (secondary N) is 1. The average molecular weight is 322 g/mol. The van der Waals surface area contributed by atoms with E-state index >= 15 is 0 Å². The van der Waals surface area contributed by atoms with Crippen molar-refractivity contribution in [2.45, 2.75) is 25.0 Å². The lowest BCUT2D eigenvalue weighted by molar-refractivity contribution is 0.0938. The zero-order valence-corrected chi connectivity index (χ0v) is 13.0. The van der Waals surface area contributed by atoms with Crippen LogP contribution < -0.4 is 16.8 Å². The first-order chi connectivity index (χ1) is 11.6. The number of nitrogens with two attached hydrogens (primary N) is 2. The summed E-state index contributed by atoms with van der Waals surface area (Å²) in [4.78, 5) is 16.8. The van der Waals surface area contributed by atoms with Gasteiger partial charge < -0.3 is 5.32 Å². The van der Waals surface area contributed by atoms with Crippen LogP contribution in [0.5, 0.6) is 0 Å². The molecule has 0 radical (unpaired) electrons. The SMILES string of the molecule is NC(N)NC(=O)c1cnn(-c2cccc3ncccc23)c1C1CC1. The zero-order chi connectivity index (χ0) is 16.7. The molecular weight excluding hydrogens is 304 g/mol. The van der Waals surface area contributed by atoms with Gasteiger partial charge in [-0.2, -0.15) is 5.10 Å². The number of carbonyl (C=O) groups excluding carboxylic acids is 1. The third-order valence-corrected chi connectivity index (χ3v) is 4.16. The highest BCUT2D eigenvalue weighted by molar-refractivity contribution is 5.96. The molecule has 1 fully saturated rings. The van der Waals surface area contributed by atoms with E-state index in [4.69, 9.17) is 11.5 Å². The van der Waals surface area contributed by atoms with Gasteiger partial charge in [0.05, 0.1) is 28.7 Å². The van der Waals surface area contributed by atoms with Crippen molar-refractivity contribution in [2.24, 2.45) is 11.5 Å². The maximum Gasteiger partial charge on any atom is 0.257 e. The lowest BCUT2D eigenvalue weighted by Gasteiger charge is -2.12. The summed E-state index contributed by atoms with van der Waals surface area (Å²) in [6.07, 6.45) is 4.54. The first-order valence-corrected chi connectivity index (χ1v) is 7.89. The monoisotopic (exact) mass is 322 g/mol. The van der Waals surface area contributed by atoms with Gasteiger partial charge in [-0.15, -0.1) is 0 Å². The minimum absolute atomic E-state index is 0.295. The van der Waals surface area contributed by atoms with Crippen molar-refractivity contribution in [2.75, 3.05) is 0 Å². The van der Waals surface area contributed by atoms with Crippen LogP contribution in [0.1, 0.15) is 34.8 Å². The van der Waals surface area contributed by atoms with E-state index in [0.717, 1.165) is 35.1 Å². The summed E-state index contributed by atoms with van der Waals surface area (Å²) in [6.45, 7) is 0. The Bertz CT molecular complexity index is 907.